The average molecular weight is 203 g/mol. The highest BCUT2D eigenvalue weighted by Gasteiger charge is 2.27. The Morgan fingerprint density at radius 3 is 2.75 bits per heavy atom. The van der Waals surface area contributed by atoms with E-state index < -0.39 is 0 Å². The van der Waals surface area contributed by atoms with Gasteiger partial charge in [0.2, 0.25) is 0 Å². The third kappa shape index (κ3) is 2.12. The van der Waals surface area contributed by atoms with Crippen LogP contribution in [0.1, 0.15) is 19.8 Å². The number of rotatable bonds is 2. The zero-order valence-corrected chi connectivity index (χ0v) is 9.22. The SMILES string of the molecule is CC1SCCC1NC1CCSC1. The number of nitrogens with one attached hydrogen (secondary N) is 1. The monoisotopic (exact) mass is 203 g/mol. The van der Waals surface area contributed by atoms with Crippen molar-refractivity contribution in [1.82, 2.24) is 5.32 Å². The lowest BCUT2D eigenvalue weighted by atomic mass is 10.1. The average Bonchev–Trinajstić information content (AvgIpc) is 2.65. The molecule has 0 aromatic heterocycles. The first-order chi connectivity index (χ1) is 5.86. The van der Waals surface area contributed by atoms with Crippen molar-refractivity contribution in [3.8, 4) is 0 Å². The van der Waals surface area contributed by atoms with Gasteiger partial charge in [0.05, 0.1) is 0 Å². The first-order valence-electron chi connectivity index (χ1n) is 4.81. The van der Waals surface area contributed by atoms with Crippen LogP contribution in [0, 0.1) is 0 Å². The molecule has 70 valence electrons. The summed E-state index contributed by atoms with van der Waals surface area (Å²) < 4.78 is 0. The fourth-order valence-corrected chi connectivity index (χ4v) is 4.29. The summed E-state index contributed by atoms with van der Waals surface area (Å²) in [5.41, 5.74) is 0. The third-order valence-electron chi connectivity index (χ3n) is 2.76. The fourth-order valence-electron chi connectivity index (χ4n) is 1.92. The molecule has 0 spiro atoms. The maximum atomic E-state index is 3.79. The van der Waals surface area contributed by atoms with Gasteiger partial charge in [-0.3, -0.25) is 0 Å². The molecule has 2 aliphatic heterocycles. The molecule has 1 nitrogen and oxygen atoms in total. The standard InChI is InChI=1S/C9H17NS2/c1-7-9(3-5-12-7)10-8-2-4-11-6-8/h7-10H,2-6H2,1H3. The Labute approximate surface area is 83.4 Å². The van der Waals surface area contributed by atoms with Crippen molar-refractivity contribution in [2.45, 2.75) is 37.1 Å². The summed E-state index contributed by atoms with van der Waals surface area (Å²) in [5.74, 6) is 4.07. The Kier molecular flexibility index (Phi) is 3.27. The number of hydrogen-bond donors (Lipinski definition) is 1. The molecule has 3 unspecified atom stereocenters. The van der Waals surface area contributed by atoms with Gasteiger partial charge in [0.1, 0.15) is 0 Å². The maximum Gasteiger partial charge on any atom is 0.0194 e. The summed E-state index contributed by atoms with van der Waals surface area (Å²) >= 11 is 4.22. The van der Waals surface area contributed by atoms with E-state index in [9.17, 15) is 0 Å². The highest BCUT2D eigenvalue weighted by molar-refractivity contribution is 8.00. The second kappa shape index (κ2) is 4.25. The predicted octanol–water partition coefficient (Wildman–Crippen LogP) is 1.98. The molecular formula is C9H17NS2. The van der Waals surface area contributed by atoms with Crippen molar-refractivity contribution >= 4 is 23.5 Å². The minimum Gasteiger partial charge on any atom is -0.309 e. The largest absolute Gasteiger partial charge is 0.309 e. The van der Waals surface area contributed by atoms with Crippen molar-refractivity contribution in [3.63, 3.8) is 0 Å². The number of thioether (sulfide) groups is 2. The topological polar surface area (TPSA) is 12.0 Å². The summed E-state index contributed by atoms with van der Waals surface area (Å²) in [6.45, 7) is 2.36. The minimum absolute atomic E-state index is 0.804. The van der Waals surface area contributed by atoms with E-state index in [-0.39, 0.29) is 0 Å². The molecule has 2 heterocycles. The van der Waals surface area contributed by atoms with E-state index in [0.29, 0.717) is 0 Å². The van der Waals surface area contributed by atoms with Gasteiger partial charge in [0.15, 0.2) is 0 Å². The highest BCUT2D eigenvalue weighted by Crippen LogP contribution is 2.28. The Hall–Kier alpha value is 0.660. The van der Waals surface area contributed by atoms with Gasteiger partial charge < -0.3 is 5.32 Å². The fraction of sp³-hybridized carbons (Fsp3) is 1.00. The van der Waals surface area contributed by atoms with Gasteiger partial charge in [-0.2, -0.15) is 23.5 Å². The maximum absolute atomic E-state index is 3.79. The molecule has 0 aromatic rings. The van der Waals surface area contributed by atoms with E-state index in [2.05, 4.69) is 35.8 Å². The first kappa shape index (κ1) is 9.22. The van der Waals surface area contributed by atoms with E-state index >= 15 is 0 Å². The zero-order chi connectivity index (χ0) is 8.39. The lowest BCUT2D eigenvalue weighted by molar-refractivity contribution is 0.449. The van der Waals surface area contributed by atoms with Crippen LogP contribution >= 0.6 is 23.5 Å². The molecule has 2 rings (SSSR count). The van der Waals surface area contributed by atoms with Gasteiger partial charge in [-0.1, -0.05) is 6.92 Å². The predicted molar refractivity (Wildman–Crippen MR) is 59.2 cm³/mol. The quantitative estimate of drug-likeness (QED) is 0.737. The molecule has 0 saturated carbocycles. The Bertz CT molecular complexity index is 145. The molecule has 2 saturated heterocycles. The van der Waals surface area contributed by atoms with Crippen molar-refractivity contribution in [1.29, 1.82) is 0 Å². The second-order valence-corrected chi connectivity index (χ2v) is 6.33. The summed E-state index contributed by atoms with van der Waals surface area (Å²) in [7, 11) is 0. The van der Waals surface area contributed by atoms with Crippen LogP contribution in [0.4, 0.5) is 0 Å². The summed E-state index contributed by atoms with van der Waals surface area (Å²) in [6, 6.07) is 1.62. The van der Waals surface area contributed by atoms with E-state index in [1.165, 1.54) is 30.1 Å². The normalized spacial score (nSPS) is 42.2. The number of hydrogen-bond acceptors (Lipinski definition) is 3. The van der Waals surface area contributed by atoms with Crippen LogP contribution in [0.2, 0.25) is 0 Å². The smallest absolute Gasteiger partial charge is 0.0194 e. The summed E-state index contributed by atoms with van der Waals surface area (Å²) in [6.07, 6.45) is 2.77. The third-order valence-corrected chi connectivity index (χ3v) is 5.24. The molecule has 0 amide bonds. The van der Waals surface area contributed by atoms with Crippen molar-refractivity contribution in [2.75, 3.05) is 17.3 Å². The van der Waals surface area contributed by atoms with Gasteiger partial charge in [-0.25, -0.2) is 0 Å². The zero-order valence-electron chi connectivity index (χ0n) is 7.58. The van der Waals surface area contributed by atoms with E-state index in [4.69, 9.17) is 0 Å². The van der Waals surface area contributed by atoms with Crippen LogP contribution in [0.15, 0.2) is 0 Å². The van der Waals surface area contributed by atoms with Gasteiger partial charge in [0.25, 0.3) is 0 Å². The molecule has 3 atom stereocenters. The Balaban J connectivity index is 1.77. The van der Waals surface area contributed by atoms with Crippen LogP contribution in [0.25, 0.3) is 0 Å². The van der Waals surface area contributed by atoms with Gasteiger partial charge in [-0.05, 0) is 24.3 Å². The summed E-state index contributed by atoms with van der Waals surface area (Å²) in [5, 5.41) is 4.63. The minimum atomic E-state index is 0.804. The molecule has 0 aliphatic carbocycles. The van der Waals surface area contributed by atoms with Crippen LogP contribution in [-0.4, -0.2) is 34.6 Å². The second-order valence-electron chi connectivity index (χ2n) is 3.70. The molecule has 0 radical (unpaired) electrons. The molecule has 12 heavy (non-hydrogen) atoms. The first-order valence-corrected chi connectivity index (χ1v) is 7.02. The molecule has 3 heteroatoms. The Morgan fingerprint density at radius 2 is 2.17 bits per heavy atom. The lowest BCUT2D eigenvalue weighted by Crippen LogP contribution is -2.41. The van der Waals surface area contributed by atoms with Crippen LogP contribution in [-0.2, 0) is 0 Å². The van der Waals surface area contributed by atoms with E-state index in [1.807, 2.05) is 0 Å². The highest BCUT2D eigenvalue weighted by atomic mass is 32.2. The van der Waals surface area contributed by atoms with Crippen molar-refractivity contribution in [2.24, 2.45) is 0 Å². The van der Waals surface area contributed by atoms with Crippen molar-refractivity contribution in [3.05, 3.63) is 0 Å². The lowest BCUT2D eigenvalue weighted by Gasteiger charge is -2.20. The van der Waals surface area contributed by atoms with Crippen molar-refractivity contribution < 1.29 is 0 Å². The molecule has 2 fully saturated rings. The van der Waals surface area contributed by atoms with E-state index in [1.54, 1.807) is 0 Å². The molecule has 0 bridgehead atoms. The van der Waals surface area contributed by atoms with Crippen LogP contribution in [0.3, 0.4) is 0 Å². The van der Waals surface area contributed by atoms with E-state index in [0.717, 1.165) is 17.3 Å². The van der Waals surface area contributed by atoms with Crippen LogP contribution < -0.4 is 5.32 Å². The molecular weight excluding hydrogens is 186 g/mol. The molecule has 2 aliphatic rings. The molecule has 0 aromatic carbocycles. The van der Waals surface area contributed by atoms with Gasteiger partial charge in [-0.15, -0.1) is 0 Å². The van der Waals surface area contributed by atoms with Crippen LogP contribution in [0.5, 0.6) is 0 Å². The van der Waals surface area contributed by atoms with Gasteiger partial charge >= 0.3 is 0 Å². The Morgan fingerprint density at radius 1 is 1.25 bits per heavy atom. The molecule has 1 N–H and O–H groups in total. The summed E-state index contributed by atoms with van der Waals surface area (Å²) in [4.78, 5) is 0. The van der Waals surface area contributed by atoms with Gasteiger partial charge in [0, 0.05) is 23.1 Å².